The molecule has 1 saturated heterocycles. The highest BCUT2D eigenvalue weighted by molar-refractivity contribution is 7.91. The lowest BCUT2D eigenvalue weighted by molar-refractivity contribution is -0.0319. The van der Waals surface area contributed by atoms with E-state index in [4.69, 9.17) is 9.84 Å². The summed E-state index contributed by atoms with van der Waals surface area (Å²) in [6.45, 7) is 2.60. The van der Waals surface area contributed by atoms with Gasteiger partial charge in [0.1, 0.15) is 4.21 Å². The number of hydrogen-bond acceptors (Lipinski definition) is 5. The van der Waals surface area contributed by atoms with Crippen molar-refractivity contribution in [1.82, 2.24) is 4.31 Å². The fourth-order valence-electron chi connectivity index (χ4n) is 2.22. The summed E-state index contributed by atoms with van der Waals surface area (Å²) < 4.78 is 31.9. The maximum Gasteiger partial charge on any atom is 0.336 e. The number of carboxylic acid groups (broad SMARTS) is 1. The molecule has 1 unspecified atom stereocenters. The molecule has 1 aromatic rings. The van der Waals surface area contributed by atoms with Crippen molar-refractivity contribution in [1.29, 1.82) is 0 Å². The van der Waals surface area contributed by atoms with E-state index in [2.05, 4.69) is 0 Å². The van der Waals surface area contributed by atoms with Crippen molar-refractivity contribution in [3.05, 3.63) is 17.0 Å². The molecule has 0 amide bonds. The Labute approximate surface area is 122 Å². The molecule has 20 heavy (non-hydrogen) atoms. The second kappa shape index (κ2) is 5.44. The minimum atomic E-state index is -3.65. The number of carbonyl (C=O) groups is 1. The molecule has 0 spiro atoms. The van der Waals surface area contributed by atoms with Crippen LogP contribution in [-0.4, -0.2) is 49.6 Å². The van der Waals surface area contributed by atoms with Gasteiger partial charge in [-0.05, 0) is 25.8 Å². The molecule has 1 aliphatic rings. The molecule has 1 atom stereocenters. The predicted octanol–water partition coefficient (Wildman–Crippen LogP) is 1.64. The third-order valence-electron chi connectivity index (χ3n) is 3.53. The van der Waals surface area contributed by atoms with Crippen LogP contribution < -0.4 is 0 Å². The van der Waals surface area contributed by atoms with Crippen LogP contribution in [0.1, 0.15) is 30.1 Å². The Hall–Kier alpha value is -0.960. The summed E-state index contributed by atoms with van der Waals surface area (Å²) in [6.07, 6.45) is 1.53. The maximum atomic E-state index is 12.5. The van der Waals surface area contributed by atoms with Gasteiger partial charge < -0.3 is 9.84 Å². The van der Waals surface area contributed by atoms with Crippen LogP contribution in [0.15, 0.2) is 15.7 Å². The maximum absolute atomic E-state index is 12.5. The quantitative estimate of drug-likeness (QED) is 0.912. The molecule has 1 N–H and O–H groups in total. The second-order valence-electron chi connectivity index (χ2n) is 5.06. The van der Waals surface area contributed by atoms with E-state index in [0.29, 0.717) is 6.54 Å². The Balaban J connectivity index is 2.27. The van der Waals surface area contributed by atoms with Crippen LogP contribution >= 0.6 is 11.3 Å². The Morgan fingerprint density at radius 3 is 2.80 bits per heavy atom. The monoisotopic (exact) mass is 319 g/mol. The molecule has 2 rings (SSSR count). The average molecular weight is 319 g/mol. The number of rotatable bonds is 4. The van der Waals surface area contributed by atoms with E-state index >= 15 is 0 Å². The van der Waals surface area contributed by atoms with Crippen molar-refractivity contribution >= 4 is 27.3 Å². The smallest absolute Gasteiger partial charge is 0.336 e. The standard InChI is InChI=1S/C12H17NO5S2/c1-12(18-2)4-3-5-13(8-12)20(16,17)10-6-9(7-19-10)11(14)15/h6-7H,3-5,8H2,1-2H3,(H,14,15). The largest absolute Gasteiger partial charge is 0.478 e. The lowest BCUT2D eigenvalue weighted by atomic mass is 9.96. The Kier molecular flexibility index (Phi) is 4.19. The number of sulfonamides is 1. The highest BCUT2D eigenvalue weighted by Crippen LogP contribution is 2.30. The van der Waals surface area contributed by atoms with E-state index in [-0.39, 0.29) is 16.3 Å². The van der Waals surface area contributed by atoms with Crippen LogP contribution in [0.5, 0.6) is 0 Å². The first-order chi connectivity index (χ1) is 9.28. The number of aromatic carboxylic acids is 1. The van der Waals surface area contributed by atoms with E-state index in [1.54, 1.807) is 7.11 Å². The summed E-state index contributed by atoms with van der Waals surface area (Å²) in [4.78, 5) is 10.8. The van der Waals surface area contributed by atoms with Crippen LogP contribution in [0.25, 0.3) is 0 Å². The zero-order valence-electron chi connectivity index (χ0n) is 11.3. The molecule has 112 valence electrons. The van der Waals surface area contributed by atoms with Crippen molar-refractivity contribution < 1.29 is 23.1 Å². The third kappa shape index (κ3) is 2.88. The summed E-state index contributed by atoms with van der Waals surface area (Å²) in [5, 5.41) is 10.2. The summed E-state index contributed by atoms with van der Waals surface area (Å²) in [6, 6.07) is 1.21. The highest BCUT2D eigenvalue weighted by atomic mass is 32.2. The van der Waals surface area contributed by atoms with Crippen molar-refractivity contribution in [2.24, 2.45) is 0 Å². The summed E-state index contributed by atoms with van der Waals surface area (Å²) in [5.74, 6) is -1.12. The SMILES string of the molecule is COC1(C)CCCN(S(=O)(=O)c2cc(C(=O)O)cs2)C1. The van der Waals surface area contributed by atoms with Gasteiger partial charge in [-0.1, -0.05) is 0 Å². The molecular formula is C12H17NO5S2. The van der Waals surface area contributed by atoms with E-state index in [0.717, 1.165) is 24.2 Å². The number of carboxylic acids is 1. The molecule has 8 heteroatoms. The molecular weight excluding hydrogens is 302 g/mol. The predicted molar refractivity (Wildman–Crippen MR) is 74.7 cm³/mol. The van der Waals surface area contributed by atoms with Crippen LogP contribution in [0.3, 0.4) is 0 Å². The first-order valence-electron chi connectivity index (χ1n) is 6.16. The molecule has 2 heterocycles. The van der Waals surface area contributed by atoms with E-state index in [1.165, 1.54) is 15.8 Å². The number of hydrogen-bond donors (Lipinski definition) is 1. The van der Waals surface area contributed by atoms with Gasteiger partial charge in [-0.2, -0.15) is 4.31 Å². The van der Waals surface area contributed by atoms with Crippen molar-refractivity contribution in [3.63, 3.8) is 0 Å². The molecule has 1 aliphatic heterocycles. The highest BCUT2D eigenvalue weighted by Gasteiger charge is 2.37. The van der Waals surface area contributed by atoms with Gasteiger partial charge in [-0.3, -0.25) is 0 Å². The fraction of sp³-hybridized carbons (Fsp3) is 0.583. The molecule has 0 aliphatic carbocycles. The molecule has 0 aromatic carbocycles. The Morgan fingerprint density at radius 1 is 1.55 bits per heavy atom. The summed E-state index contributed by atoms with van der Waals surface area (Å²) in [5.41, 5.74) is -0.488. The third-order valence-corrected chi connectivity index (χ3v) is 6.79. The topological polar surface area (TPSA) is 83.9 Å². The first-order valence-corrected chi connectivity index (χ1v) is 8.48. The van der Waals surface area contributed by atoms with Gasteiger partial charge in [0.05, 0.1) is 11.2 Å². The van der Waals surface area contributed by atoms with Crippen LogP contribution in [-0.2, 0) is 14.8 Å². The minimum absolute atomic E-state index is 0.0000812. The Morgan fingerprint density at radius 2 is 2.25 bits per heavy atom. The van der Waals surface area contributed by atoms with Gasteiger partial charge in [0.15, 0.2) is 0 Å². The first kappa shape index (κ1) is 15.4. The van der Waals surface area contributed by atoms with E-state index in [9.17, 15) is 13.2 Å². The van der Waals surface area contributed by atoms with Crippen molar-refractivity contribution in [2.45, 2.75) is 29.6 Å². The van der Waals surface area contributed by atoms with Gasteiger partial charge in [-0.15, -0.1) is 11.3 Å². The number of piperidine rings is 1. The number of ether oxygens (including phenoxy) is 1. The molecule has 1 fully saturated rings. The molecule has 6 nitrogen and oxygen atoms in total. The normalized spacial score (nSPS) is 24.7. The molecule has 1 aromatic heterocycles. The second-order valence-corrected chi connectivity index (χ2v) is 8.13. The summed E-state index contributed by atoms with van der Waals surface area (Å²) >= 11 is 0.935. The van der Waals surface area contributed by atoms with Gasteiger partial charge >= 0.3 is 5.97 Å². The van der Waals surface area contributed by atoms with Crippen LogP contribution in [0.2, 0.25) is 0 Å². The van der Waals surface area contributed by atoms with E-state index < -0.39 is 21.6 Å². The van der Waals surface area contributed by atoms with Gasteiger partial charge in [0, 0.05) is 25.6 Å². The Bertz CT molecular complexity index is 609. The fourth-order valence-corrected chi connectivity index (χ4v) is 5.12. The summed E-state index contributed by atoms with van der Waals surface area (Å²) in [7, 11) is -2.07. The van der Waals surface area contributed by atoms with Crippen molar-refractivity contribution in [2.75, 3.05) is 20.2 Å². The number of methoxy groups -OCH3 is 1. The lowest BCUT2D eigenvalue weighted by Gasteiger charge is -2.38. The molecule has 0 bridgehead atoms. The van der Waals surface area contributed by atoms with E-state index in [1.807, 2.05) is 6.92 Å². The number of thiophene rings is 1. The molecule has 0 radical (unpaired) electrons. The van der Waals surface area contributed by atoms with Gasteiger partial charge in [0.25, 0.3) is 10.0 Å². The minimum Gasteiger partial charge on any atom is -0.478 e. The average Bonchev–Trinajstić information content (AvgIpc) is 2.89. The van der Waals surface area contributed by atoms with Crippen molar-refractivity contribution in [3.8, 4) is 0 Å². The van der Waals surface area contributed by atoms with Crippen LogP contribution in [0.4, 0.5) is 0 Å². The zero-order chi connectivity index (χ0) is 15.0. The lowest BCUT2D eigenvalue weighted by Crippen LogP contribution is -2.49. The van der Waals surface area contributed by atoms with Gasteiger partial charge in [-0.25, -0.2) is 13.2 Å². The zero-order valence-corrected chi connectivity index (χ0v) is 13.0. The molecule has 0 saturated carbocycles. The van der Waals surface area contributed by atoms with Crippen LogP contribution in [0, 0.1) is 0 Å². The van der Waals surface area contributed by atoms with Gasteiger partial charge in [0.2, 0.25) is 0 Å². The number of nitrogens with zero attached hydrogens (tertiary/aromatic N) is 1.